The fourth-order valence-electron chi connectivity index (χ4n) is 3.12. The minimum absolute atomic E-state index is 0. The Kier molecular flexibility index (Phi) is 7.41. The zero-order valence-corrected chi connectivity index (χ0v) is 14.5. The molecule has 0 bridgehead atoms. The molecule has 1 aliphatic rings. The Bertz CT molecular complexity index is 742. The van der Waals surface area contributed by atoms with E-state index in [1.54, 1.807) is 6.07 Å². The van der Waals surface area contributed by atoms with Crippen molar-refractivity contribution in [2.75, 3.05) is 13.9 Å². The van der Waals surface area contributed by atoms with E-state index in [1.165, 1.54) is 7.11 Å². The average Bonchev–Trinajstić information content (AvgIpc) is 2.59. The van der Waals surface area contributed by atoms with E-state index in [9.17, 15) is 10.1 Å². The molecule has 0 fully saturated rings. The van der Waals surface area contributed by atoms with Gasteiger partial charge in [0.25, 0.3) is 0 Å². The number of nitriles is 1. The number of ether oxygens (including phenoxy) is 2. The van der Waals surface area contributed by atoms with Gasteiger partial charge in [-0.05, 0) is 43.5 Å². The molecule has 0 aliphatic carbocycles. The lowest BCUT2D eigenvalue weighted by Crippen LogP contribution is -2.29. The average molecular weight is 342 g/mol. The van der Waals surface area contributed by atoms with Gasteiger partial charge in [0.2, 0.25) is 0 Å². The Morgan fingerprint density at radius 1 is 1.32 bits per heavy atom. The van der Waals surface area contributed by atoms with Crippen LogP contribution in [0, 0.1) is 11.3 Å². The first-order valence-electron chi connectivity index (χ1n) is 7.87. The van der Waals surface area contributed by atoms with Crippen molar-refractivity contribution in [2.45, 2.75) is 40.5 Å². The van der Waals surface area contributed by atoms with E-state index < -0.39 is 5.97 Å². The second-order valence-corrected chi connectivity index (χ2v) is 5.68. The number of benzene rings is 1. The summed E-state index contributed by atoms with van der Waals surface area (Å²) in [6, 6.07) is 9.52. The van der Waals surface area contributed by atoms with Gasteiger partial charge >= 0.3 is 5.97 Å². The minimum atomic E-state index is -0.410. The van der Waals surface area contributed by atoms with Gasteiger partial charge in [-0.2, -0.15) is 5.26 Å². The molecule has 0 spiro atoms. The molecule has 2 rings (SSSR count). The van der Waals surface area contributed by atoms with Crippen LogP contribution in [-0.4, -0.2) is 19.9 Å². The second-order valence-electron chi connectivity index (χ2n) is 5.68. The fourth-order valence-corrected chi connectivity index (χ4v) is 3.12. The van der Waals surface area contributed by atoms with Crippen molar-refractivity contribution >= 4 is 5.97 Å². The Labute approximate surface area is 149 Å². The van der Waals surface area contributed by atoms with E-state index in [0.29, 0.717) is 11.1 Å². The van der Waals surface area contributed by atoms with Gasteiger partial charge in [-0.25, -0.2) is 4.79 Å². The summed E-state index contributed by atoms with van der Waals surface area (Å²) < 4.78 is 10.0. The van der Waals surface area contributed by atoms with Crippen molar-refractivity contribution in [1.29, 1.82) is 5.26 Å². The molecule has 134 valence electrons. The highest BCUT2D eigenvalue weighted by atomic mass is 16.7. The van der Waals surface area contributed by atoms with Crippen molar-refractivity contribution in [3.05, 3.63) is 57.9 Å². The molecule has 1 N–H and O–H groups in total. The van der Waals surface area contributed by atoms with Crippen LogP contribution >= 0.6 is 0 Å². The number of hydrogen-bond donors (Lipinski definition) is 1. The van der Waals surface area contributed by atoms with Crippen molar-refractivity contribution in [3.63, 3.8) is 0 Å². The molecule has 1 aromatic carbocycles. The molecule has 1 aliphatic heterocycles. The molecule has 5 nitrogen and oxygen atoms in total. The second kappa shape index (κ2) is 9.05. The van der Waals surface area contributed by atoms with Crippen LogP contribution in [0.5, 0.6) is 0 Å². The lowest BCUT2D eigenvalue weighted by Gasteiger charge is -2.31. The summed E-state index contributed by atoms with van der Waals surface area (Å²) in [5.41, 5.74) is 4.95. The first-order chi connectivity index (χ1) is 11.5. The number of esters is 1. The third-order valence-electron chi connectivity index (χ3n) is 4.16. The van der Waals surface area contributed by atoms with Crippen molar-refractivity contribution in [1.82, 2.24) is 5.32 Å². The predicted molar refractivity (Wildman–Crippen MR) is 97.4 cm³/mol. The van der Waals surface area contributed by atoms with E-state index in [-0.39, 0.29) is 20.1 Å². The quantitative estimate of drug-likeness (QED) is 0.647. The molecule has 1 unspecified atom stereocenters. The van der Waals surface area contributed by atoms with Crippen LogP contribution in [0.3, 0.4) is 0 Å². The standard InChI is InChI=1S/C19H22N2O3.CH4/c1-5-16-12(2)21-13(3)17(19(22)24-11-23-4)18(16)15-8-6-7-14(9-15)10-20;/h6-9,18,21H,5,11H2,1-4H3;1H4. The van der Waals surface area contributed by atoms with E-state index in [4.69, 9.17) is 9.47 Å². The third kappa shape index (κ3) is 4.28. The number of dihydropyridines is 1. The topological polar surface area (TPSA) is 71.3 Å². The third-order valence-corrected chi connectivity index (χ3v) is 4.16. The maximum absolute atomic E-state index is 12.6. The molecule has 1 aromatic rings. The minimum Gasteiger partial charge on any atom is -0.435 e. The van der Waals surface area contributed by atoms with Gasteiger partial charge in [0.1, 0.15) is 0 Å². The molecular formula is C20H26N2O3. The van der Waals surface area contributed by atoms with Gasteiger partial charge in [-0.1, -0.05) is 26.5 Å². The maximum atomic E-state index is 12.6. The highest BCUT2D eigenvalue weighted by molar-refractivity contribution is 5.92. The van der Waals surface area contributed by atoms with Gasteiger partial charge in [-0.3, -0.25) is 0 Å². The highest BCUT2D eigenvalue weighted by Crippen LogP contribution is 2.40. The van der Waals surface area contributed by atoms with Gasteiger partial charge < -0.3 is 14.8 Å². The monoisotopic (exact) mass is 342 g/mol. The molecular weight excluding hydrogens is 316 g/mol. The largest absolute Gasteiger partial charge is 0.435 e. The number of rotatable bonds is 5. The molecule has 0 saturated heterocycles. The zero-order chi connectivity index (χ0) is 17.7. The SMILES string of the molecule is C.CCC1=C(C)NC(C)=C(C(=O)OCOC)C1c1cccc(C#N)c1. The molecule has 0 amide bonds. The van der Waals surface area contributed by atoms with Crippen LogP contribution in [0.1, 0.15) is 51.7 Å². The zero-order valence-electron chi connectivity index (χ0n) is 14.5. The smallest absolute Gasteiger partial charge is 0.338 e. The van der Waals surface area contributed by atoms with Gasteiger partial charge in [0.15, 0.2) is 6.79 Å². The number of carbonyl (C=O) groups is 1. The molecule has 5 heteroatoms. The maximum Gasteiger partial charge on any atom is 0.338 e. The molecule has 0 aromatic heterocycles. The number of nitrogens with zero attached hydrogens (tertiary/aromatic N) is 1. The van der Waals surface area contributed by atoms with Crippen LogP contribution < -0.4 is 5.32 Å². The Morgan fingerprint density at radius 2 is 2.04 bits per heavy atom. The molecule has 0 radical (unpaired) electrons. The van der Waals surface area contributed by atoms with E-state index in [2.05, 4.69) is 18.3 Å². The lowest BCUT2D eigenvalue weighted by molar-refractivity contribution is -0.149. The van der Waals surface area contributed by atoms with Gasteiger partial charge in [-0.15, -0.1) is 0 Å². The van der Waals surface area contributed by atoms with Crippen LogP contribution in [0.4, 0.5) is 0 Å². The first kappa shape index (κ1) is 20.5. The van der Waals surface area contributed by atoms with Crippen LogP contribution in [-0.2, 0) is 14.3 Å². The molecule has 1 atom stereocenters. The number of allylic oxidation sites excluding steroid dienone is 3. The Hall–Kier alpha value is -2.58. The van der Waals surface area contributed by atoms with E-state index in [0.717, 1.165) is 29.0 Å². The summed E-state index contributed by atoms with van der Waals surface area (Å²) in [5.74, 6) is -0.637. The van der Waals surface area contributed by atoms with E-state index >= 15 is 0 Å². The van der Waals surface area contributed by atoms with E-state index in [1.807, 2.05) is 32.0 Å². The van der Waals surface area contributed by atoms with Gasteiger partial charge in [0.05, 0.1) is 17.2 Å². The Morgan fingerprint density at radius 3 is 2.64 bits per heavy atom. The number of carbonyl (C=O) groups excluding carboxylic acids is 1. The van der Waals surface area contributed by atoms with Crippen molar-refractivity contribution < 1.29 is 14.3 Å². The fraction of sp³-hybridized carbons (Fsp3) is 0.400. The number of hydrogen-bond acceptors (Lipinski definition) is 5. The summed E-state index contributed by atoms with van der Waals surface area (Å²) in [6.45, 7) is 5.83. The van der Waals surface area contributed by atoms with Crippen LogP contribution in [0.2, 0.25) is 0 Å². The van der Waals surface area contributed by atoms with Crippen molar-refractivity contribution in [2.24, 2.45) is 0 Å². The summed E-state index contributed by atoms with van der Waals surface area (Å²) >= 11 is 0. The lowest BCUT2D eigenvalue weighted by atomic mass is 9.79. The summed E-state index contributed by atoms with van der Waals surface area (Å²) in [5, 5.41) is 12.5. The number of nitrogens with one attached hydrogen (secondary N) is 1. The summed E-state index contributed by atoms with van der Waals surface area (Å²) in [4.78, 5) is 12.6. The molecule has 0 saturated carbocycles. The number of methoxy groups -OCH3 is 1. The van der Waals surface area contributed by atoms with Gasteiger partial charge in [0, 0.05) is 24.4 Å². The summed E-state index contributed by atoms with van der Waals surface area (Å²) in [7, 11) is 1.48. The highest BCUT2D eigenvalue weighted by Gasteiger charge is 2.33. The van der Waals surface area contributed by atoms with Crippen LogP contribution in [0.25, 0.3) is 0 Å². The first-order valence-corrected chi connectivity index (χ1v) is 7.87. The van der Waals surface area contributed by atoms with Crippen LogP contribution in [0.15, 0.2) is 46.8 Å². The summed E-state index contributed by atoms with van der Waals surface area (Å²) in [6.07, 6.45) is 0.786. The Balaban J connectivity index is 0.00000312. The normalized spacial score (nSPS) is 16.7. The molecule has 25 heavy (non-hydrogen) atoms. The van der Waals surface area contributed by atoms with Crippen molar-refractivity contribution in [3.8, 4) is 6.07 Å². The molecule has 1 heterocycles. The predicted octanol–water partition coefficient (Wildman–Crippen LogP) is 3.99.